The highest BCUT2D eigenvalue weighted by atomic mass is 15.1. The van der Waals surface area contributed by atoms with Crippen LogP contribution in [0.2, 0.25) is 0 Å². The van der Waals surface area contributed by atoms with Crippen molar-refractivity contribution < 1.29 is 0 Å². The Labute approximate surface area is 191 Å². The second-order valence-electron chi connectivity index (χ2n) is 8.18. The van der Waals surface area contributed by atoms with E-state index in [9.17, 15) is 5.26 Å². The first-order valence-corrected chi connectivity index (χ1v) is 11.1. The van der Waals surface area contributed by atoms with E-state index in [2.05, 4.69) is 95.9 Å². The molecule has 0 bridgehead atoms. The van der Waals surface area contributed by atoms with Crippen LogP contribution in [0.15, 0.2) is 121 Å². The molecule has 0 N–H and O–H groups in total. The van der Waals surface area contributed by atoms with Crippen molar-refractivity contribution in [2.45, 2.75) is 24.9 Å². The van der Waals surface area contributed by atoms with Crippen LogP contribution in [0.5, 0.6) is 0 Å². The smallest absolute Gasteiger partial charge is 0.108 e. The number of hydrogen-bond donors (Lipinski definition) is 0. The van der Waals surface area contributed by atoms with Crippen LogP contribution >= 0.6 is 0 Å². The summed E-state index contributed by atoms with van der Waals surface area (Å²) in [6.45, 7) is 2.50. The molecular formula is C30H28N2. The number of hydrogen-bond acceptors (Lipinski definition) is 2. The highest BCUT2D eigenvalue weighted by molar-refractivity contribution is 5.45. The van der Waals surface area contributed by atoms with Gasteiger partial charge in [-0.05, 0) is 28.7 Å². The first kappa shape index (κ1) is 21.6. The fourth-order valence-electron chi connectivity index (χ4n) is 4.31. The van der Waals surface area contributed by atoms with Gasteiger partial charge in [0, 0.05) is 19.6 Å². The first-order chi connectivity index (χ1) is 15.8. The molecule has 0 radical (unpaired) electrons. The van der Waals surface area contributed by atoms with Crippen molar-refractivity contribution in [1.29, 1.82) is 5.26 Å². The minimum atomic E-state index is -0.686. The Bertz CT molecular complexity index is 1040. The van der Waals surface area contributed by atoms with Gasteiger partial charge >= 0.3 is 0 Å². The quantitative estimate of drug-likeness (QED) is 0.308. The van der Waals surface area contributed by atoms with E-state index in [4.69, 9.17) is 0 Å². The third-order valence-electron chi connectivity index (χ3n) is 6.03. The molecule has 0 amide bonds. The molecule has 0 unspecified atom stereocenters. The zero-order chi connectivity index (χ0) is 22.1. The van der Waals surface area contributed by atoms with Gasteiger partial charge in [-0.3, -0.25) is 4.90 Å². The van der Waals surface area contributed by atoms with E-state index in [0.29, 0.717) is 0 Å². The molecule has 2 heteroatoms. The standard InChI is InChI=1S/C30H28N2/c31-25-30(28-17-9-3-10-18-28,29-19-11-4-12-20-29)21-22-32(23-26-13-5-1-6-14-26)24-27-15-7-2-8-16-27/h1-20H,21-24H2. The summed E-state index contributed by atoms with van der Waals surface area (Å²) in [6.07, 6.45) is 0.719. The number of benzene rings is 4. The Balaban J connectivity index is 1.64. The Hall–Kier alpha value is -3.67. The van der Waals surface area contributed by atoms with Crippen LogP contribution < -0.4 is 0 Å². The molecule has 0 aromatic heterocycles. The summed E-state index contributed by atoms with van der Waals surface area (Å²) in [6, 6.07) is 44.3. The highest BCUT2D eigenvalue weighted by Gasteiger charge is 2.34. The summed E-state index contributed by atoms with van der Waals surface area (Å²) in [5.41, 5.74) is 3.98. The van der Waals surface area contributed by atoms with Gasteiger partial charge in [-0.25, -0.2) is 0 Å². The van der Waals surface area contributed by atoms with E-state index in [-0.39, 0.29) is 0 Å². The summed E-state index contributed by atoms with van der Waals surface area (Å²) in [4.78, 5) is 2.45. The zero-order valence-corrected chi connectivity index (χ0v) is 18.3. The Kier molecular flexibility index (Phi) is 7.12. The minimum absolute atomic E-state index is 0.686. The van der Waals surface area contributed by atoms with E-state index in [1.54, 1.807) is 0 Å². The van der Waals surface area contributed by atoms with Gasteiger partial charge in [-0.2, -0.15) is 5.26 Å². The predicted molar refractivity (Wildman–Crippen MR) is 131 cm³/mol. The van der Waals surface area contributed by atoms with Gasteiger partial charge in [0.15, 0.2) is 0 Å². The first-order valence-electron chi connectivity index (χ1n) is 11.1. The molecule has 4 aromatic rings. The molecule has 0 fully saturated rings. The van der Waals surface area contributed by atoms with Crippen LogP contribution in [0.3, 0.4) is 0 Å². The van der Waals surface area contributed by atoms with Crippen molar-refractivity contribution in [3.8, 4) is 6.07 Å². The molecule has 0 spiro atoms. The van der Waals surface area contributed by atoms with Gasteiger partial charge in [0.2, 0.25) is 0 Å². The second kappa shape index (κ2) is 10.6. The molecule has 0 aliphatic carbocycles. The largest absolute Gasteiger partial charge is 0.295 e. The van der Waals surface area contributed by atoms with Crippen molar-refractivity contribution in [2.75, 3.05) is 6.54 Å². The fourth-order valence-corrected chi connectivity index (χ4v) is 4.31. The summed E-state index contributed by atoms with van der Waals surface area (Å²) in [5.74, 6) is 0. The summed E-state index contributed by atoms with van der Waals surface area (Å²) < 4.78 is 0. The van der Waals surface area contributed by atoms with Crippen LogP contribution in [0.4, 0.5) is 0 Å². The molecular weight excluding hydrogens is 388 g/mol. The van der Waals surface area contributed by atoms with Crippen LogP contribution in [-0.4, -0.2) is 11.4 Å². The Morgan fingerprint density at radius 3 is 1.31 bits per heavy atom. The second-order valence-corrected chi connectivity index (χ2v) is 8.18. The number of nitrogens with zero attached hydrogens (tertiary/aromatic N) is 2. The zero-order valence-electron chi connectivity index (χ0n) is 18.3. The highest BCUT2D eigenvalue weighted by Crippen LogP contribution is 2.35. The molecule has 0 heterocycles. The maximum atomic E-state index is 10.5. The molecule has 0 saturated heterocycles. The fraction of sp³-hybridized carbons (Fsp3) is 0.167. The lowest BCUT2D eigenvalue weighted by Crippen LogP contribution is -2.33. The van der Waals surface area contributed by atoms with Crippen LogP contribution in [0.25, 0.3) is 0 Å². The summed E-state index contributed by atoms with van der Waals surface area (Å²) >= 11 is 0. The van der Waals surface area contributed by atoms with Gasteiger partial charge in [0.1, 0.15) is 5.41 Å². The van der Waals surface area contributed by atoms with E-state index >= 15 is 0 Å². The van der Waals surface area contributed by atoms with Crippen molar-refractivity contribution >= 4 is 0 Å². The van der Waals surface area contributed by atoms with E-state index in [1.807, 2.05) is 36.4 Å². The normalized spacial score (nSPS) is 11.2. The maximum Gasteiger partial charge on any atom is 0.108 e. The van der Waals surface area contributed by atoms with Gasteiger partial charge in [-0.1, -0.05) is 121 Å². The molecule has 2 nitrogen and oxygen atoms in total. The predicted octanol–water partition coefficient (Wildman–Crippen LogP) is 6.59. The lowest BCUT2D eigenvalue weighted by atomic mass is 9.73. The molecule has 32 heavy (non-hydrogen) atoms. The van der Waals surface area contributed by atoms with Crippen molar-refractivity contribution in [1.82, 2.24) is 4.90 Å². The van der Waals surface area contributed by atoms with Gasteiger partial charge < -0.3 is 0 Å². The Morgan fingerprint density at radius 2 is 0.938 bits per heavy atom. The van der Waals surface area contributed by atoms with Crippen molar-refractivity contribution in [2.24, 2.45) is 0 Å². The van der Waals surface area contributed by atoms with Gasteiger partial charge in [0.05, 0.1) is 6.07 Å². The molecule has 0 atom stereocenters. The maximum absolute atomic E-state index is 10.5. The monoisotopic (exact) mass is 416 g/mol. The molecule has 4 aromatic carbocycles. The average Bonchev–Trinajstić information content (AvgIpc) is 2.87. The number of nitriles is 1. The van der Waals surface area contributed by atoms with Gasteiger partial charge in [-0.15, -0.1) is 0 Å². The average molecular weight is 417 g/mol. The van der Waals surface area contributed by atoms with E-state index in [1.165, 1.54) is 11.1 Å². The minimum Gasteiger partial charge on any atom is -0.295 e. The number of rotatable bonds is 9. The lowest BCUT2D eigenvalue weighted by molar-refractivity contribution is 0.242. The third-order valence-corrected chi connectivity index (χ3v) is 6.03. The lowest BCUT2D eigenvalue weighted by Gasteiger charge is -2.31. The molecule has 158 valence electrons. The molecule has 4 rings (SSSR count). The van der Waals surface area contributed by atoms with Crippen molar-refractivity contribution in [3.05, 3.63) is 144 Å². The third kappa shape index (κ3) is 5.14. The van der Waals surface area contributed by atoms with E-state index in [0.717, 1.165) is 37.2 Å². The Morgan fingerprint density at radius 1 is 0.562 bits per heavy atom. The summed E-state index contributed by atoms with van der Waals surface area (Å²) in [5, 5.41) is 10.5. The van der Waals surface area contributed by atoms with Crippen LogP contribution in [0, 0.1) is 11.3 Å². The summed E-state index contributed by atoms with van der Waals surface area (Å²) in [7, 11) is 0. The van der Waals surface area contributed by atoms with Crippen LogP contribution in [0.1, 0.15) is 28.7 Å². The topological polar surface area (TPSA) is 27.0 Å². The van der Waals surface area contributed by atoms with Gasteiger partial charge in [0.25, 0.3) is 0 Å². The molecule has 0 aliphatic heterocycles. The van der Waals surface area contributed by atoms with E-state index < -0.39 is 5.41 Å². The SMILES string of the molecule is N#CC(CCN(Cc1ccccc1)Cc1ccccc1)(c1ccccc1)c1ccccc1. The van der Waals surface area contributed by atoms with Crippen LogP contribution in [-0.2, 0) is 18.5 Å². The molecule has 0 aliphatic rings. The molecule has 0 saturated carbocycles. The van der Waals surface area contributed by atoms with Crippen molar-refractivity contribution in [3.63, 3.8) is 0 Å².